The predicted molar refractivity (Wildman–Crippen MR) is 125 cm³/mol. The van der Waals surface area contributed by atoms with Crippen LogP contribution >= 0.6 is 0 Å². The maximum Gasteiger partial charge on any atom is 0.218 e. The van der Waals surface area contributed by atoms with E-state index in [0.29, 0.717) is 43.6 Å². The summed E-state index contributed by atoms with van der Waals surface area (Å²) in [4.78, 5) is 17.5. The second kappa shape index (κ2) is 9.65. The van der Waals surface area contributed by atoms with E-state index in [4.69, 9.17) is 5.73 Å². The number of sulfonamides is 1. The number of carbonyl (C=O) groups is 1. The molecular weight excluding hydrogens is 410 g/mol. The molecule has 2 N–H and O–H groups in total. The molecule has 7 heteroatoms. The zero-order chi connectivity index (χ0) is 22.6. The van der Waals surface area contributed by atoms with Gasteiger partial charge in [-0.2, -0.15) is 0 Å². The standard InChI is InChI=1S/C24H35N3O3S/c1-18(2)16-24(3)22(28)14-21(15-23(25)26-24)13-19-9-11-27(12-10-19)31(29,30)17-20-7-5-4-6-8-20/h4-8,15,18-19H,9-14,16-17H2,1-3H3,(H2,25,26). The first-order valence-electron chi connectivity index (χ1n) is 11.2. The number of hydrogen-bond acceptors (Lipinski definition) is 5. The van der Waals surface area contributed by atoms with Crippen LogP contribution in [0.25, 0.3) is 0 Å². The summed E-state index contributed by atoms with van der Waals surface area (Å²) >= 11 is 0. The minimum Gasteiger partial charge on any atom is -0.384 e. The molecular formula is C24H35N3O3S. The van der Waals surface area contributed by atoms with Gasteiger partial charge in [-0.25, -0.2) is 12.7 Å². The summed E-state index contributed by atoms with van der Waals surface area (Å²) in [7, 11) is -3.32. The number of amidine groups is 1. The van der Waals surface area contributed by atoms with Crippen LogP contribution in [-0.2, 0) is 20.6 Å². The number of nitrogens with two attached hydrogens (primary N) is 1. The molecule has 0 spiro atoms. The maximum absolute atomic E-state index is 12.9. The maximum atomic E-state index is 12.9. The first kappa shape index (κ1) is 23.7. The molecule has 1 atom stereocenters. The van der Waals surface area contributed by atoms with Crippen molar-refractivity contribution in [3.8, 4) is 0 Å². The van der Waals surface area contributed by atoms with Gasteiger partial charge in [-0.15, -0.1) is 0 Å². The molecule has 2 aliphatic rings. The fourth-order valence-electron chi connectivity index (χ4n) is 4.76. The van der Waals surface area contributed by atoms with Crippen molar-refractivity contribution in [1.82, 2.24) is 4.31 Å². The Morgan fingerprint density at radius 1 is 1.19 bits per heavy atom. The Kier molecular flexibility index (Phi) is 7.37. The number of carbonyl (C=O) groups excluding carboxylic acids is 1. The normalized spacial score (nSPS) is 24.1. The van der Waals surface area contributed by atoms with Crippen LogP contribution in [0.1, 0.15) is 58.4 Å². The van der Waals surface area contributed by atoms with E-state index in [1.165, 1.54) is 0 Å². The molecule has 2 aliphatic heterocycles. The van der Waals surface area contributed by atoms with E-state index in [1.807, 2.05) is 43.3 Å². The number of allylic oxidation sites excluding steroid dienone is 1. The summed E-state index contributed by atoms with van der Waals surface area (Å²) in [5.74, 6) is 1.29. The first-order valence-corrected chi connectivity index (χ1v) is 12.8. The van der Waals surface area contributed by atoms with Crippen LogP contribution in [0.4, 0.5) is 0 Å². The second-order valence-corrected chi connectivity index (χ2v) is 11.6. The lowest BCUT2D eigenvalue weighted by Crippen LogP contribution is -2.39. The van der Waals surface area contributed by atoms with Crippen LogP contribution in [0.2, 0.25) is 0 Å². The molecule has 1 aromatic rings. The van der Waals surface area contributed by atoms with Gasteiger partial charge in [0.15, 0.2) is 5.78 Å². The van der Waals surface area contributed by atoms with Crippen LogP contribution in [0.5, 0.6) is 0 Å². The minimum atomic E-state index is -3.32. The van der Waals surface area contributed by atoms with E-state index in [-0.39, 0.29) is 11.5 Å². The van der Waals surface area contributed by atoms with Crippen molar-refractivity contribution in [3.63, 3.8) is 0 Å². The van der Waals surface area contributed by atoms with E-state index in [2.05, 4.69) is 18.8 Å². The van der Waals surface area contributed by atoms with Gasteiger partial charge in [0.1, 0.15) is 11.4 Å². The fourth-order valence-corrected chi connectivity index (χ4v) is 6.32. The van der Waals surface area contributed by atoms with Gasteiger partial charge >= 0.3 is 0 Å². The molecule has 1 unspecified atom stereocenters. The highest BCUT2D eigenvalue weighted by molar-refractivity contribution is 7.88. The Hall–Kier alpha value is -1.99. The molecule has 0 saturated carbocycles. The summed E-state index contributed by atoms with van der Waals surface area (Å²) in [5, 5.41) is 0. The van der Waals surface area contributed by atoms with Crippen LogP contribution < -0.4 is 5.73 Å². The highest BCUT2D eigenvalue weighted by atomic mass is 32.2. The van der Waals surface area contributed by atoms with Crippen LogP contribution in [0.3, 0.4) is 0 Å². The Morgan fingerprint density at radius 3 is 2.45 bits per heavy atom. The first-order chi connectivity index (χ1) is 14.6. The number of ketones is 1. The fraction of sp³-hybridized carbons (Fsp3) is 0.583. The molecule has 1 saturated heterocycles. The molecule has 3 rings (SSSR count). The molecule has 1 fully saturated rings. The molecule has 0 aliphatic carbocycles. The van der Waals surface area contributed by atoms with E-state index < -0.39 is 15.6 Å². The van der Waals surface area contributed by atoms with E-state index >= 15 is 0 Å². The zero-order valence-corrected chi connectivity index (χ0v) is 19.7. The molecule has 6 nitrogen and oxygen atoms in total. The van der Waals surface area contributed by atoms with Gasteiger partial charge in [0.05, 0.1) is 5.75 Å². The quantitative estimate of drug-likeness (QED) is 0.693. The minimum absolute atomic E-state index is 0.0413. The Bertz CT molecular complexity index is 946. The number of Topliss-reactive ketones (excluding diaryl/α,β-unsaturated/α-hetero) is 1. The third-order valence-corrected chi connectivity index (χ3v) is 8.08. The number of rotatable bonds is 7. The number of nitrogens with zero attached hydrogens (tertiary/aromatic N) is 2. The molecule has 1 aromatic carbocycles. The van der Waals surface area contributed by atoms with E-state index in [0.717, 1.165) is 30.4 Å². The Labute approximate surface area is 186 Å². The van der Waals surface area contributed by atoms with Crippen molar-refractivity contribution in [1.29, 1.82) is 0 Å². The average Bonchev–Trinajstić information content (AvgIpc) is 2.77. The molecule has 0 radical (unpaired) electrons. The van der Waals surface area contributed by atoms with Gasteiger partial charge in [-0.3, -0.25) is 9.79 Å². The number of hydrogen-bond donors (Lipinski definition) is 1. The monoisotopic (exact) mass is 445 g/mol. The van der Waals surface area contributed by atoms with Crippen molar-refractivity contribution >= 4 is 21.6 Å². The van der Waals surface area contributed by atoms with Gasteiger partial charge in [0.2, 0.25) is 10.0 Å². The van der Waals surface area contributed by atoms with Crippen molar-refractivity contribution in [2.75, 3.05) is 13.1 Å². The highest BCUT2D eigenvalue weighted by Gasteiger charge is 2.36. The Balaban J connectivity index is 1.57. The van der Waals surface area contributed by atoms with Gasteiger partial charge in [0.25, 0.3) is 0 Å². The van der Waals surface area contributed by atoms with E-state index in [9.17, 15) is 13.2 Å². The summed E-state index contributed by atoms with van der Waals surface area (Å²) in [6.07, 6.45) is 5.28. The molecule has 0 aromatic heterocycles. The van der Waals surface area contributed by atoms with Crippen molar-refractivity contribution in [3.05, 3.63) is 47.5 Å². The van der Waals surface area contributed by atoms with Gasteiger partial charge in [-0.1, -0.05) is 49.8 Å². The number of aliphatic imine (C=N–C) groups is 1. The van der Waals surface area contributed by atoms with Crippen molar-refractivity contribution < 1.29 is 13.2 Å². The third-order valence-electron chi connectivity index (χ3n) is 6.23. The topological polar surface area (TPSA) is 92.8 Å². The molecule has 0 amide bonds. The largest absolute Gasteiger partial charge is 0.384 e. The summed E-state index contributed by atoms with van der Waals surface area (Å²) in [5.41, 5.74) is 7.20. The highest BCUT2D eigenvalue weighted by Crippen LogP contribution is 2.32. The summed E-state index contributed by atoms with van der Waals surface area (Å²) in [6.45, 7) is 7.10. The molecule has 31 heavy (non-hydrogen) atoms. The smallest absolute Gasteiger partial charge is 0.218 e. The number of benzene rings is 1. The van der Waals surface area contributed by atoms with Crippen molar-refractivity contribution in [2.24, 2.45) is 22.6 Å². The number of piperidine rings is 1. The van der Waals surface area contributed by atoms with Crippen LogP contribution in [0, 0.1) is 11.8 Å². The average molecular weight is 446 g/mol. The summed E-state index contributed by atoms with van der Waals surface area (Å²) in [6, 6.07) is 9.30. The van der Waals surface area contributed by atoms with E-state index in [1.54, 1.807) is 4.31 Å². The summed E-state index contributed by atoms with van der Waals surface area (Å²) < 4.78 is 27.2. The molecule has 2 heterocycles. The van der Waals surface area contributed by atoms with Gasteiger partial charge in [-0.05, 0) is 56.1 Å². The Morgan fingerprint density at radius 2 is 1.84 bits per heavy atom. The third kappa shape index (κ3) is 6.26. The molecule has 170 valence electrons. The lowest BCUT2D eigenvalue weighted by molar-refractivity contribution is -0.123. The lowest BCUT2D eigenvalue weighted by Gasteiger charge is -2.32. The van der Waals surface area contributed by atoms with Gasteiger partial charge in [0, 0.05) is 19.5 Å². The SMILES string of the molecule is CC(C)CC1(C)N=C(N)C=C(CC2CCN(S(=O)(=O)Cc3ccccc3)CC2)CC1=O. The van der Waals surface area contributed by atoms with Gasteiger partial charge < -0.3 is 5.73 Å². The second-order valence-electron chi connectivity index (χ2n) is 9.60. The van der Waals surface area contributed by atoms with Crippen molar-refractivity contribution in [2.45, 2.75) is 64.2 Å². The lowest BCUT2D eigenvalue weighted by atomic mass is 9.83. The van der Waals surface area contributed by atoms with Crippen LogP contribution in [-0.4, -0.2) is 43.0 Å². The molecule has 0 bridgehead atoms. The van der Waals surface area contributed by atoms with Crippen LogP contribution in [0.15, 0.2) is 47.0 Å². The zero-order valence-electron chi connectivity index (χ0n) is 18.9. The predicted octanol–water partition coefficient (Wildman–Crippen LogP) is 3.68.